The molecule has 4 heterocycles. The molecule has 4 rings (SSSR count). The van der Waals surface area contributed by atoms with Crippen molar-refractivity contribution in [1.82, 2.24) is 24.6 Å². The molecule has 0 spiro atoms. The molecular formula is C13H9N5. The Morgan fingerprint density at radius 1 is 1.06 bits per heavy atom. The Kier molecular flexibility index (Phi) is 1.77. The summed E-state index contributed by atoms with van der Waals surface area (Å²) in [6.45, 7) is 0. The summed E-state index contributed by atoms with van der Waals surface area (Å²) in [7, 11) is 0. The third-order valence-corrected chi connectivity index (χ3v) is 3.04. The first-order valence-corrected chi connectivity index (χ1v) is 5.64. The smallest absolute Gasteiger partial charge is 0.178 e. The number of H-pyrrole nitrogens is 1. The number of imidazole rings is 1. The number of aromatic amines is 1. The topological polar surface area (TPSA) is 58.9 Å². The lowest BCUT2D eigenvalue weighted by Crippen LogP contribution is -1.85. The minimum Gasteiger partial charge on any atom is -0.343 e. The van der Waals surface area contributed by atoms with E-state index in [1.54, 1.807) is 12.5 Å². The van der Waals surface area contributed by atoms with Crippen LogP contribution in [0.2, 0.25) is 0 Å². The van der Waals surface area contributed by atoms with Crippen LogP contribution in [0.15, 0.2) is 49.2 Å². The normalized spacial score (nSPS) is 11.3. The quantitative estimate of drug-likeness (QED) is 0.550. The van der Waals surface area contributed by atoms with Crippen LogP contribution < -0.4 is 0 Å². The van der Waals surface area contributed by atoms with Gasteiger partial charge in [-0.3, -0.25) is 0 Å². The molecule has 5 nitrogen and oxygen atoms in total. The van der Waals surface area contributed by atoms with E-state index in [0.29, 0.717) is 0 Å². The first-order valence-electron chi connectivity index (χ1n) is 5.64. The monoisotopic (exact) mass is 235 g/mol. The average Bonchev–Trinajstić information content (AvgIpc) is 3.05. The summed E-state index contributed by atoms with van der Waals surface area (Å²) in [5.74, 6) is 0. The number of pyridine rings is 2. The maximum Gasteiger partial charge on any atom is 0.178 e. The van der Waals surface area contributed by atoms with Gasteiger partial charge in [-0.15, -0.1) is 0 Å². The molecule has 0 radical (unpaired) electrons. The fourth-order valence-corrected chi connectivity index (χ4v) is 2.22. The summed E-state index contributed by atoms with van der Waals surface area (Å²) in [5, 5.41) is 4.35. The molecule has 0 unspecified atom stereocenters. The van der Waals surface area contributed by atoms with Crippen LogP contribution in [0.4, 0.5) is 0 Å². The van der Waals surface area contributed by atoms with Gasteiger partial charge in [0.2, 0.25) is 0 Å². The fourth-order valence-electron chi connectivity index (χ4n) is 2.22. The van der Waals surface area contributed by atoms with Crippen molar-refractivity contribution in [2.75, 3.05) is 0 Å². The second kappa shape index (κ2) is 3.40. The second-order valence-electron chi connectivity index (χ2n) is 4.05. The van der Waals surface area contributed by atoms with E-state index in [2.05, 4.69) is 20.1 Å². The number of hydrogen-bond donors (Lipinski definition) is 1. The van der Waals surface area contributed by atoms with E-state index in [-0.39, 0.29) is 0 Å². The highest BCUT2D eigenvalue weighted by Crippen LogP contribution is 2.28. The first-order chi connectivity index (χ1) is 8.93. The molecule has 0 aromatic carbocycles. The lowest BCUT2D eigenvalue weighted by Gasteiger charge is -2.00. The third kappa shape index (κ3) is 1.18. The van der Waals surface area contributed by atoms with Crippen molar-refractivity contribution in [2.45, 2.75) is 0 Å². The van der Waals surface area contributed by atoms with Crippen molar-refractivity contribution in [3.63, 3.8) is 0 Å². The summed E-state index contributed by atoms with van der Waals surface area (Å²) in [5.41, 5.74) is 4.88. The van der Waals surface area contributed by atoms with Gasteiger partial charge in [0.1, 0.15) is 0 Å². The highest BCUT2D eigenvalue weighted by molar-refractivity contribution is 5.94. The SMILES string of the molecule is c1ccn2ncc(-c3ccnc4nc[nH]c34)c2c1. The molecule has 0 atom stereocenters. The molecule has 1 N–H and O–H groups in total. The largest absolute Gasteiger partial charge is 0.343 e. The third-order valence-electron chi connectivity index (χ3n) is 3.04. The van der Waals surface area contributed by atoms with Gasteiger partial charge in [0.25, 0.3) is 0 Å². The standard InChI is InChI=1S/C13H9N5/c1-2-6-18-11(3-1)10(7-17-18)9-4-5-14-13-12(9)15-8-16-13/h1-8H,(H,14,15,16). The molecule has 86 valence electrons. The molecule has 0 aliphatic carbocycles. The molecule has 0 aliphatic rings. The van der Waals surface area contributed by atoms with E-state index in [1.165, 1.54) is 0 Å². The Morgan fingerprint density at radius 2 is 2.06 bits per heavy atom. The molecule has 4 aromatic heterocycles. The van der Waals surface area contributed by atoms with Crippen LogP contribution in [0.25, 0.3) is 27.8 Å². The van der Waals surface area contributed by atoms with Gasteiger partial charge in [-0.1, -0.05) is 6.07 Å². The predicted octanol–water partition coefficient (Wildman–Crippen LogP) is 2.27. The minimum absolute atomic E-state index is 0.725. The van der Waals surface area contributed by atoms with Crippen LogP contribution in [-0.2, 0) is 0 Å². The number of nitrogens with zero attached hydrogens (tertiary/aromatic N) is 4. The van der Waals surface area contributed by atoms with E-state index >= 15 is 0 Å². The number of aromatic nitrogens is 5. The molecule has 0 saturated carbocycles. The second-order valence-corrected chi connectivity index (χ2v) is 4.05. The Hall–Kier alpha value is -2.69. The van der Waals surface area contributed by atoms with E-state index in [0.717, 1.165) is 27.8 Å². The number of fused-ring (bicyclic) bond motifs is 2. The van der Waals surface area contributed by atoms with Crippen molar-refractivity contribution in [1.29, 1.82) is 0 Å². The average molecular weight is 235 g/mol. The van der Waals surface area contributed by atoms with Crippen molar-refractivity contribution in [2.24, 2.45) is 0 Å². The van der Waals surface area contributed by atoms with Gasteiger partial charge >= 0.3 is 0 Å². The number of nitrogens with one attached hydrogen (secondary N) is 1. The number of rotatable bonds is 1. The van der Waals surface area contributed by atoms with Gasteiger partial charge in [0, 0.05) is 23.5 Å². The summed E-state index contributed by atoms with van der Waals surface area (Å²) < 4.78 is 1.86. The molecule has 0 saturated heterocycles. The highest BCUT2D eigenvalue weighted by Gasteiger charge is 2.10. The van der Waals surface area contributed by atoms with Crippen molar-refractivity contribution < 1.29 is 0 Å². The van der Waals surface area contributed by atoms with Crippen molar-refractivity contribution in [3.8, 4) is 11.1 Å². The Bertz CT molecular complexity index is 842. The summed E-state index contributed by atoms with van der Waals surface area (Å²) in [6.07, 6.45) is 7.23. The van der Waals surface area contributed by atoms with Crippen molar-refractivity contribution >= 4 is 16.7 Å². The summed E-state index contributed by atoms with van der Waals surface area (Å²) in [4.78, 5) is 11.5. The molecule has 4 aromatic rings. The van der Waals surface area contributed by atoms with Crippen LogP contribution in [0.1, 0.15) is 0 Å². The molecule has 0 bridgehead atoms. The lowest BCUT2D eigenvalue weighted by atomic mass is 10.1. The van der Waals surface area contributed by atoms with Crippen LogP contribution in [0.3, 0.4) is 0 Å². The van der Waals surface area contributed by atoms with Gasteiger partial charge in [-0.25, -0.2) is 14.5 Å². The molecule has 0 fully saturated rings. The first kappa shape index (κ1) is 9.35. The van der Waals surface area contributed by atoms with Gasteiger partial charge < -0.3 is 4.98 Å². The zero-order valence-corrected chi connectivity index (χ0v) is 9.41. The maximum atomic E-state index is 4.35. The van der Waals surface area contributed by atoms with Crippen molar-refractivity contribution in [3.05, 3.63) is 49.2 Å². The lowest BCUT2D eigenvalue weighted by molar-refractivity contribution is 0.961. The molecule has 0 aliphatic heterocycles. The zero-order chi connectivity index (χ0) is 11.9. The summed E-state index contributed by atoms with van der Waals surface area (Å²) >= 11 is 0. The van der Waals surface area contributed by atoms with E-state index < -0.39 is 0 Å². The van der Waals surface area contributed by atoms with Gasteiger partial charge in [0.05, 0.1) is 23.6 Å². The van der Waals surface area contributed by atoms with Crippen LogP contribution in [0, 0.1) is 0 Å². The molecular weight excluding hydrogens is 226 g/mol. The number of hydrogen-bond acceptors (Lipinski definition) is 3. The fraction of sp³-hybridized carbons (Fsp3) is 0. The highest BCUT2D eigenvalue weighted by atomic mass is 15.2. The summed E-state index contributed by atoms with van der Waals surface area (Å²) in [6, 6.07) is 7.99. The minimum atomic E-state index is 0.725. The van der Waals surface area contributed by atoms with Crippen LogP contribution >= 0.6 is 0 Å². The Labute approximate surface area is 102 Å². The Balaban J connectivity index is 2.10. The van der Waals surface area contributed by atoms with Crippen LogP contribution in [0.5, 0.6) is 0 Å². The van der Waals surface area contributed by atoms with E-state index in [4.69, 9.17) is 0 Å². The van der Waals surface area contributed by atoms with Gasteiger partial charge in [0.15, 0.2) is 5.65 Å². The predicted molar refractivity (Wildman–Crippen MR) is 68.1 cm³/mol. The zero-order valence-electron chi connectivity index (χ0n) is 9.41. The maximum absolute atomic E-state index is 4.35. The molecule has 0 amide bonds. The van der Waals surface area contributed by atoms with Crippen LogP contribution in [-0.4, -0.2) is 24.6 Å². The van der Waals surface area contributed by atoms with E-state index in [9.17, 15) is 0 Å². The molecule has 18 heavy (non-hydrogen) atoms. The Morgan fingerprint density at radius 3 is 3.06 bits per heavy atom. The van der Waals surface area contributed by atoms with E-state index in [1.807, 2.05) is 41.2 Å². The van der Waals surface area contributed by atoms with Gasteiger partial charge in [-0.05, 0) is 18.2 Å². The van der Waals surface area contributed by atoms with Gasteiger partial charge in [-0.2, -0.15) is 5.10 Å². The molecule has 5 heteroatoms.